The molecule has 1 aromatic heterocycles. The van der Waals surface area contributed by atoms with E-state index in [1.54, 1.807) is 11.3 Å². The fourth-order valence-corrected chi connectivity index (χ4v) is 3.69. The van der Waals surface area contributed by atoms with E-state index in [0.29, 0.717) is 13.0 Å². The fraction of sp³-hybridized carbons (Fsp3) is 0.692. The number of thiazole rings is 1. The number of fused-ring (bicyclic) bond motifs is 1. The number of carboxylic acids is 1. The molecule has 1 atom stereocenters. The first-order chi connectivity index (χ1) is 8.61. The molecule has 0 spiro atoms. The fourth-order valence-electron chi connectivity index (χ4n) is 2.47. The van der Waals surface area contributed by atoms with Crippen LogP contribution >= 0.6 is 11.3 Å². The molecule has 1 heterocycles. The van der Waals surface area contributed by atoms with Gasteiger partial charge in [-0.05, 0) is 39.2 Å². The van der Waals surface area contributed by atoms with Crippen LogP contribution < -0.4 is 0 Å². The van der Waals surface area contributed by atoms with Crippen molar-refractivity contribution in [2.24, 2.45) is 0 Å². The molecule has 0 saturated heterocycles. The molecule has 18 heavy (non-hydrogen) atoms. The molecular formula is C13H20N2O2S. The van der Waals surface area contributed by atoms with Gasteiger partial charge in [-0.2, -0.15) is 0 Å². The van der Waals surface area contributed by atoms with Gasteiger partial charge in [-0.15, -0.1) is 11.3 Å². The zero-order valence-corrected chi connectivity index (χ0v) is 11.8. The summed E-state index contributed by atoms with van der Waals surface area (Å²) >= 11 is 1.76. The van der Waals surface area contributed by atoms with Crippen LogP contribution in [0.15, 0.2) is 0 Å². The molecule has 0 aromatic carbocycles. The van der Waals surface area contributed by atoms with E-state index in [-0.39, 0.29) is 0 Å². The lowest BCUT2D eigenvalue weighted by molar-refractivity contribution is -0.143. The Balaban J connectivity index is 2.04. The van der Waals surface area contributed by atoms with Crippen molar-refractivity contribution < 1.29 is 9.90 Å². The minimum Gasteiger partial charge on any atom is -0.480 e. The highest BCUT2D eigenvalue weighted by molar-refractivity contribution is 7.11. The molecule has 0 bridgehead atoms. The molecule has 0 radical (unpaired) electrons. The molecule has 1 N–H and O–H groups in total. The van der Waals surface area contributed by atoms with E-state index in [1.807, 2.05) is 18.9 Å². The van der Waals surface area contributed by atoms with Gasteiger partial charge in [0.05, 0.1) is 12.2 Å². The summed E-state index contributed by atoms with van der Waals surface area (Å²) in [5.41, 5.74) is 1.25. The molecule has 0 unspecified atom stereocenters. The van der Waals surface area contributed by atoms with Gasteiger partial charge < -0.3 is 5.11 Å². The first-order valence-electron chi connectivity index (χ1n) is 6.52. The van der Waals surface area contributed by atoms with Crippen molar-refractivity contribution in [3.63, 3.8) is 0 Å². The largest absolute Gasteiger partial charge is 0.480 e. The van der Waals surface area contributed by atoms with E-state index in [0.717, 1.165) is 17.8 Å². The Morgan fingerprint density at radius 2 is 2.22 bits per heavy atom. The lowest BCUT2D eigenvalue weighted by Gasteiger charge is -2.22. The molecular weight excluding hydrogens is 248 g/mol. The zero-order chi connectivity index (χ0) is 13.1. The third-order valence-corrected chi connectivity index (χ3v) is 4.62. The number of rotatable bonds is 5. The SMILES string of the molecule is CC[C@@H](C(=O)O)N(C)Cc1nc2c(s1)CCCC2. The van der Waals surface area contributed by atoms with Crippen molar-refractivity contribution in [1.29, 1.82) is 0 Å². The minimum absolute atomic E-state index is 0.411. The highest BCUT2D eigenvalue weighted by Crippen LogP contribution is 2.27. The van der Waals surface area contributed by atoms with Gasteiger partial charge in [-0.3, -0.25) is 9.69 Å². The average Bonchev–Trinajstić information content (AvgIpc) is 2.71. The zero-order valence-electron chi connectivity index (χ0n) is 11.0. The summed E-state index contributed by atoms with van der Waals surface area (Å²) in [6.45, 7) is 2.55. The van der Waals surface area contributed by atoms with Gasteiger partial charge in [0, 0.05) is 4.88 Å². The number of aliphatic carboxylic acids is 1. The van der Waals surface area contributed by atoms with Crippen LogP contribution in [0.5, 0.6) is 0 Å². The van der Waals surface area contributed by atoms with Gasteiger partial charge in [0.2, 0.25) is 0 Å². The van der Waals surface area contributed by atoms with Gasteiger partial charge in [0.15, 0.2) is 0 Å². The van der Waals surface area contributed by atoms with E-state index < -0.39 is 12.0 Å². The third-order valence-electron chi connectivity index (χ3n) is 3.48. The van der Waals surface area contributed by atoms with Crippen LogP contribution in [0.2, 0.25) is 0 Å². The summed E-state index contributed by atoms with van der Waals surface area (Å²) in [5, 5.41) is 10.2. The maximum Gasteiger partial charge on any atom is 0.320 e. The lowest BCUT2D eigenvalue weighted by Crippen LogP contribution is -2.37. The maximum absolute atomic E-state index is 11.1. The predicted molar refractivity (Wildman–Crippen MR) is 71.9 cm³/mol. The van der Waals surface area contributed by atoms with Crippen LogP contribution in [0.4, 0.5) is 0 Å². The first-order valence-corrected chi connectivity index (χ1v) is 7.34. The Bertz CT molecular complexity index is 407. The topological polar surface area (TPSA) is 53.4 Å². The van der Waals surface area contributed by atoms with Crippen LogP contribution in [-0.4, -0.2) is 34.0 Å². The molecule has 0 saturated carbocycles. The summed E-state index contributed by atoms with van der Waals surface area (Å²) < 4.78 is 0. The van der Waals surface area contributed by atoms with Crippen LogP contribution in [0.3, 0.4) is 0 Å². The van der Waals surface area contributed by atoms with Crippen molar-refractivity contribution in [3.05, 3.63) is 15.6 Å². The van der Waals surface area contributed by atoms with E-state index >= 15 is 0 Å². The number of hydrogen-bond donors (Lipinski definition) is 1. The van der Waals surface area contributed by atoms with E-state index in [4.69, 9.17) is 5.11 Å². The Labute approximate surface area is 112 Å². The number of hydrogen-bond acceptors (Lipinski definition) is 4. The second kappa shape index (κ2) is 5.80. The molecule has 1 aliphatic rings. The number of aromatic nitrogens is 1. The summed E-state index contributed by atoms with van der Waals surface area (Å²) in [6.07, 6.45) is 5.35. The molecule has 0 amide bonds. The highest BCUT2D eigenvalue weighted by atomic mass is 32.1. The first kappa shape index (κ1) is 13.5. The minimum atomic E-state index is -0.749. The number of carbonyl (C=O) groups is 1. The summed E-state index contributed by atoms with van der Waals surface area (Å²) in [4.78, 5) is 19.0. The van der Waals surface area contributed by atoms with Crippen molar-refractivity contribution >= 4 is 17.3 Å². The Morgan fingerprint density at radius 3 is 2.83 bits per heavy atom. The normalized spacial score (nSPS) is 16.6. The van der Waals surface area contributed by atoms with Crippen LogP contribution in [0.25, 0.3) is 0 Å². The average molecular weight is 268 g/mol. The molecule has 1 aromatic rings. The number of likely N-dealkylation sites (N-methyl/N-ethyl adjacent to an activating group) is 1. The molecule has 2 rings (SSSR count). The van der Waals surface area contributed by atoms with Gasteiger partial charge in [0.1, 0.15) is 11.0 Å². The van der Waals surface area contributed by atoms with Crippen molar-refractivity contribution in [2.45, 2.75) is 51.6 Å². The smallest absolute Gasteiger partial charge is 0.320 e. The standard InChI is InChI=1S/C13H20N2O2S/c1-3-10(13(16)17)15(2)8-12-14-9-6-4-5-7-11(9)18-12/h10H,3-8H2,1-2H3,(H,16,17)/t10-/m0/s1. The van der Waals surface area contributed by atoms with Crippen LogP contribution in [-0.2, 0) is 24.2 Å². The van der Waals surface area contributed by atoms with Crippen LogP contribution in [0, 0.1) is 0 Å². The predicted octanol–water partition coefficient (Wildman–Crippen LogP) is 2.32. The van der Waals surface area contributed by atoms with Gasteiger partial charge >= 0.3 is 5.97 Å². The molecule has 0 aliphatic heterocycles. The van der Waals surface area contributed by atoms with Crippen molar-refractivity contribution in [2.75, 3.05) is 7.05 Å². The number of carboxylic acid groups (broad SMARTS) is 1. The van der Waals surface area contributed by atoms with Gasteiger partial charge in [0.25, 0.3) is 0 Å². The molecule has 4 nitrogen and oxygen atoms in total. The second-order valence-electron chi connectivity index (χ2n) is 4.86. The Morgan fingerprint density at radius 1 is 1.50 bits per heavy atom. The van der Waals surface area contributed by atoms with E-state index in [9.17, 15) is 4.79 Å². The number of aryl methyl sites for hydroxylation is 2. The van der Waals surface area contributed by atoms with Crippen molar-refractivity contribution in [1.82, 2.24) is 9.88 Å². The monoisotopic (exact) mass is 268 g/mol. The highest BCUT2D eigenvalue weighted by Gasteiger charge is 2.22. The molecule has 5 heteroatoms. The Hall–Kier alpha value is -0.940. The lowest BCUT2D eigenvalue weighted by atomic mass is 10.0. The van der Waals surface area contributed by atoms with Crippen LogP contribution in [0.1, 0.15) is 41.8 Å². The maximum atomic E-state index is 11.1. The quantitative estimate of drug-likeness (QED) is 0.890. The molecule has 100 valence electrons. The van der Waals surface area contributed by atoms with Gasteiger partial charge in [-0.25, -0.2) is 4.98 Å². The van der Waals surface area contributed by atoms with Crippen molar-refractivity contribution in [3.8, 4) is 0 Å². The molecule has 1 aliphatic carbocycles. The summed E-state index contributed by atoms with van der Waals surface area (Å²) in [7, 11) is 1.86. The third kappa shape index (κ3) is 2.90. The summed E-state index contributed by atoms with van der Waals surface area (Å²) in [6, 6.07) is -0.411. The van der Waals surface area contributed by atoms with E-state index in [2.05, 4.69) is 4.98 Å². The molecule has 0 fully saturated rings. The van der Waals surface area contributed by atoms with E-state index in [1.165, 1.54) is 23.4 Å². The number of nitrogens with zero attached hydrogens (tertiary/aromatic N) is 2. The second-order valence-corrected chi connectivity index (χ2v) is 6.03. The Kier molecular flexibility index (Phi) is 4.35. The summed E-state index contributed by atoms with van der Waals surface area (Å²) in [5.74, 6) is -0.749. The van der Waals surface area contributed by atoms with Gasteiger partial charge in [-0.1, -0.05) is 6.92 Å².